The van der Waals surface area contributed by atoms with Crippen molar-refractivity contribution in [1.29, 1.82) is 0 Å². The molecule has 0 unspecified atom stereocenters. The molecule has 0 saturated heterocycles. The average molecular weight is 294 g/mol. The lowest BCUT2D eigenvalue weighted by Gasteiger charge is -2.06. The van der Waals surface area contributed by atoms with Crippen LogP contribution in [0.2, 0.25) is 0 Å². The number of halogens is 3. The van der Waals surface area contributed by atoms with E-state index >= 15 is 0 Å². The zero-order valence-corrected chi connectivity index (χ0v) is 10.5. The summed E-state index contributed by atoms with van der Waals surface area (Å²) in [5, 5.41) is 0.571. The zero-order valence-electron chi connectivity index (χ0n) is 9.64. The Hall–Kier alpha value is -1.83. The van der Waals surface area contributed by atoms with Gasteiger partial charge < -0.3 is 4.74 Å². The number of hydrogen-bond acceptors (Lipinski definition) is 4. The van der Waals surface area contributed by atoms with E-state index in [0.29, 0.717) is 23.6 Å². The second-order valence-electron chi connectivity index (χ2n) is 3.39. The van der Waals surface area contributed by atoms with Gasteiger partial charge in [0, 0.05) is 11.5 Å². The van der Waals surface area contributed by atoms with Gasteiger partial charge in [-0.1, -0.05) is 0 Å². The second kappa shape index (κ2) is 5.43. The fraction of sp³-hybridized carbons (Fsp3) is 0.182. The Morgan fingerprint density at radius 1 is 1.21 bits per heavy atom. The first kappa shape index (κ1) is 15.2. The van der Waals surface area contributed by atoms with Gasteiger partial charge in [-0.25, -0.2) is 13.2 Å². The predicted molar refractivity (Wildman–Crippen MR) is 59.8 cm³/mol. The van der Waals surface area contributed by atoms with Gasteiger partial charge in [-0.3, -0.25) is 0 Å². The molecule has 104 valence electrons. The molecule has 0 aliphatic rings. The van der Waals surface area contributed by atoms with E-state index in [1.54, 1.807) is 0 Å². The van der Waals surface area contributed by atoms with Gasteiger partial charge in [-0.05, 0) is 24.3 Å². The summed E-state index contributed by atoms with van der Waals surface area (Å²) in [6.45, 7) is 0. The number of sulfone groups is 1. The lowest BCUT2D eigenvalue weighted by molar-refractivity contribution is -0.137. The van der Waals surface area contributed by atoms with E-state index in [0.717, 1.165) is 19.2 Å². The van der Waals surface area contributed by atoms with Crippen molar-refractivity contribution in [2.75, 3.05) is 7.11 Å². The quantitative estimate of drug-likeness (QED) is 0.633. The van der Waals surface area contributed by atoms with Crippen LogP contribution in [0.5, 0.6) is 0 Å². The molecule has 0 bridgehead atoms. The summed E-state index contributed by atoms with van der Waals surface area (Å²) < 4.78 is 64.4. The summed E-state index contributed by atoms with van der Waals surface area (Å²) in [7, 11) is -2.91. The monoisotopic (exact) mass is 294 g/mol. The largest absolute Gasteiger partial charge is 0.466 e. The maximum atomic E-state index is 12.3. The fourth-order valence-corrected chi connectivity index (χ4v) is 2.09. The molecule has 0 amide bonds. The van der Waals surface area contributed by atoms with E-state index in [4.69, 9.17) is 0 Å². The first-order chi connectivity index (χ1) is 8.66. The van der Waals surface area contributed by atoms with Gasteiger partial charge in [0.25, 0.3) is 0 Å². The molecule has 8 heteroatoms. The van der Waals surface area contributed by atoms with Crippen LogP contribution in [0.3, 0.4) is 0 Å². The molecule has 0 atom stereocenters. The van der Waals surface area contributed by atoms with E-state index in [9.17, 15) is 26.4 Å². The molecule has 0 radical (unpaired) electrons. The highest BCUT2D eigenvalue weighted by Crippen LogP contribution is 2.29. The van der Waals surface area contributed by atoms with E-state index in [-0.39, 0.29) is 4.90 Å². The molecular formula is C11H9F3O4S. The Morgan fingerprint density at radius 3 is 2.16 bits per heavy atom. The van der Waals surface area contributed by atoms with Gasteiger partial charge >= 0.3 is 12.1 Å². The Bertz CT molecular complexity index is 585. The normalized spacial score (nSPS) is 12.6. The zero-order chi connectivity index (χ0) is 14.7. The van der Waals surface area contributed by atoms with Crippen LogP contribution in [0.15, 0.2) is 40.6 Å². The van der Waals surface area contributed by atoms with Gasteiger partial charge in [-0.2, -0.15) is 13.2 Å². The Kier molecular flexibility index (Phi) is 4.35. The minimum absolute atomic E-state index is 0.347. The molecule has 19 heavy (non-hydrogen) atoms. The minimum Gasteiger partial charge on any atom is -0.466 e. The number of rotatable bonds is 3. The molecule has 0 aromatic heterocycles. The maximum absolute atomic E-state index is 12.3. The number of methoxy groups -OCH3 is 1. The van der Waals surface area contributed by atoms with Crippen LogP contribution >= 0.6 is 0 Å². The van der Waals surface area contributed by atoms with E-state index in [2.05, 4.69) is 4.74 Å². The number of benzene rings is 1. The minimum atomic E-state index is -4.54. The topological polar surface area (TPSA) is 60.4 Å². The molecule has 0 aliphatic heterocycles. The smallest absolute Gasteiger partial charge is 0.416 e. The Morgan fingerprint density at radius 2 is 1.74 bits per heavy atom. The van der Waals surface area contributed by atoms with Gasteiger partial charge in [-0.15, -0.1) is 0 Å². The first-order valence-electron chi connectivity index (χ1n) is 4.85. The van der Waals surface area contributed by atoms with Crippen LogP contribution in [-0.4, -0.2) is 21.5 Å². The number of esters is 1. The first-order valence-corrected chi connectivity index (χ1v) is 6.40. The predicted octanol–water partition coefficient (Wildman–Crippen LogP) is 2.17. The number of hydrogen-bond donors (Lipinski definition) is 0. The number of carbonyl (C=O) groups excluding carboxylic acids is 1. The van der Waals surface area contributed by atoms with Crippen LogP contribution in [0, 0.1) is 0 Å². The molecule has 1 rings (SSSR count). The van der Waals surface area contributed by atoms with E-state index in [1.165, 1.54) is 0 Å². The van der Waals surface area contributed by atoms with Crippen LogP contribution in [0.25, 0.3) is 0 Å². The van der Waals surface area contributed by atoms with Gasteiger partial charge in [0.2, 0.25) is 0 Å². The highest BCUT2D eigenvalue weighted by Gasteiger charge is 2.30. The van der Waals surface area contributed by atoms with Crippen molar-refractivity contribution in [3.05, 3.63) is 41.3 Å². The third kappa shape index (κ3) is 4.09. The van der Waals surface area contributed by atoms with Gasteiger partial charge in [0.15, 0.2) is 9.84 Å². The second-order valence-corrected chi connectivity index (χ2v) is 5.23. The molecular weight excluding hydrogens is 285 g/mol. The van der Waals surface area contributed by atoms with Crippen molar-refractivity contribution in [3.63, 3.8) is 0 Å². The van der Waals surface area contributed by atoms with Crippen molar-refractivity contribution in [1.82, 2.24) is 0 Å². The van der Waals surface area contributed by atoms with E-state index < -0.39 is 27.5 Å². The number of alkyl halides is 3. The van der Waals surface area contributed by atoms with Crippen LogP contribution < -0.4 is 0 Å². The number of ether oxygens (including phenoxy) is 1. The van der Waals surface area contributed by atoms with Crippen LogP contribution in [0.4, 0.5) is 13.2 Å². The number of carbonyl (C=O) groups is 1. The van der Waals surface area contributed by atoms with Gasteiger partial charge in [0.05, 0.1) is 17.6 Å². The SMILES string of the molecule is COC(=O)/C=C/S(=O)(=O)c1ccc(C(F)(F)F)cc1. The highest BCUT2D eigenvalue weighted by molar-refractivity contribution is 7.94. The molecule has 1 aromatic rings. The third-order valence-electron chi connectivity index (χ3n) is 2.09. The van der Waals surface area contributed by atoms with Crippen LogP contribution in [-0.2, 0) is 25.5 Å². The van der Waals surface area contributed by atoms with Crippen molar-refractivity contribution in [3.8, 4) is 0 Å². The highest BCUT2D eigenvalue weighted by atomic mass is 32.2. The Labute approximate surface area is 107 Å². The Balaban J connectivity index is 3.04. The van der Waals surface area contributed by atoms with Crippen molar-refractivity contribution in [2.45, 2.75) is 11.1 Å². The summed E-state index contributed by atoms with van der Waals surface area (Å²) in [5.74, 6) is -0.879. The van der Waals surface area contributed by atoms with Gasteiger partial charge in [0.1, 0.15) is 0 Å². The molecule has 0 heterocycles. The summed E-state index contributed by atoms with van der Waals surface area (Å²) in [4.78, 5) is 10.4. The fourth-order valence-electron chi connectivity index (χ4n) is 1.13. The summed E-state index contributed by atoms with van der Waals surface area (Å²) >= 11 is 0. The molecule has 0 spiro atoms. The van der Waals surface area contributed by atoms with Crippen molar-refractivity contribution in [2.24, 2.45) is 0 Å². The summed E-state index contributed by atoms with van der Waals surface area (Å²) in [6, 6.07) is 2.94. The summed E-state index contributed by atoms with van der Waals surface area (Å²) in [5.41, 5.74) is -0.955. The average Bonchev–Trinajstić information content (AvgIpc) is 2.35. The lowest BCUT2D eigenvalue weighted by Crippen LogP contribution is -2.05. The molecule has 0 aliphatic carbocycles. The molecule has 1 aromatic carbocycles. The maximum Gasteiger partial charge on any atom is 0.416 e. The standard InChI is InChI=1S/C11H9F3O4S/c1-18-10(15)6-7-19(16,17)9-4-2-8(3-5-9)11(12,13)14/h2-7H,1H3/b7-6+. The molecule has 0 saturated carbocycles. The van der Waals surface area contributed by atoms with Crippen molar-refractivity contribution < 1.29 is 31.1 Å². The van der Waals surface area contributed by atoms with Crippen LogP contribution in [0.1, 0.15) is 5.56 Å². The molecule has 0 fully saturated rings. The van der Waals surface area contributed by atoms with E-state index in [1.807, 2.05) is 0 Å². The molecule has 4 nitrogen and oxygen atoms in total. The third-order valence-corrected chi connectivity index (χ3v) is 3.52. The molecule has 0 N–H and O–H groups in total. The lowest BCUT2D eigenvalue weighted by atomic mass is 10.2. The van der Waals surface area contributed by atoms with Crippen molar-refractivity contribution >= 4 is 15.8 Å². The summed E-state index contributed by atoms with van der Waals surface area (Å²) in [6.07, 6.45) is -3.86.